The van der Waals surface area contributed by atoms with Gasteiger partial charge in [0.25, 0.3) is 0 Å². The molecule has 1 saturated carbocycles. The SMILES string of the molecule is COCC(COC)N(c1cc(F)c(O)cc1C(=O)O)C(=O)[C@H]1CC[C@H](C)CC1. The zero-order chi connectivity index (χ0) is 20.8. The van der Waals surface area contributed by atoms with Gasteiger partial charge in [0.1, 0.15) is 0 Å². The van der Waals surface area contributed by atoms with Crippen molar-refractivity contribution in [2.24, 2.45) is 11.8 Å². The van der Waals surface area contributed by atoms with Crippen LogP contribution in [0.15, 0.2) is 12.1 Å². The quantitative estimate of drug-likeness (QED) is 0.700. The van der Waals surface area contributed by atoms with Crippen LogP contribution >= 0.6 is 0 Å². The largest absolute Gasteiger partial charge is 0.505 e. The fourth-order valence-electron chi connectivity index (χ4n) is 3.70. The molecule has 1 amide bonds. The summed E-state index contributed by atoms with van der Waals surface area (Å²) in [5.74, 6) is -3.18. The summed E-state index contributed by atoms with van der Waals surface area (Å²) in [5.41, 5.74) is -0.459. The number of methoxy groups -OCH3 is 2. The zero-order valence-corrected chi connectivity index (χ0v) is 16.5. The minimum Gasteiger partial charge on any atom is -0.505 e. The summed E-state index contributed by atoms with van der Waals surface area (Å²) in [6.45, 7) is 2.31. The minimum atomic E-state index is -1.37. The van der Waals surface area contributed by atoms with Crippen LogP contribution in [0.1, 0.15) is 43.0 Å². The molecule has 0 heterocycles. The lowest BCUT2D eigenvalue weighted by atomic mass is 9.82. The molecule has 0 atom stereocenters. The predicted octanol–water partition coefficient (Wildman–Crippen LogP) is 3.05. The Labute approximate surface area is 164 Å². The number of carboxylic acids is 1. The van der Waals surface area contributed by atoms with E-state index in [1.807, 2.05) is 0 Å². The number of benzene rings is 1. The number of carboxylic acid groups (broad SMARTS) is 1. The summed E-state index contributed by atoms with van der Waals surface area (Å²) in [7, 11) is 2.92. The van der Waals surface area contributed by atoms with Gasteiger partial charge in [-0.1, -0.05) is 6.92 Å². The van der Waals surface area contributed by atoms with Crippen LogP contribution in [-0.4, -0.2) is 55.6 Å². The van der Waals surface area contributed by atoms with Crippen molar-refractivity contribution in [3.8, 4) is 5.75 Å². The van der Waals surface area contributed by atoms with Gasteiger partial charge in [0, 0.05) is 26.2 Å². The van der Waals surface area contributed by atoms with E-state index < -0.39 is 23.6 Å². The molecule has 7 nitrogen and oxygen atoms in total. The third-order valence-electron chi connectivity index (χ3n) is 5.24. The molecule has 2 N–H and O–H groups in total. The molecule has 28 heavy (non-hydrogen) atoms. The van der Waals surface area contributed by atoms with Crippen LogP contribution in [0.3, 0.4) is 0 Å². The van der Waals surface area contributed by atoms with E-state index in [0.717, 1.165) is 25.0 Å². The second kappa shape index (κ2) is 9.84. The number of ether oxygens (including phenoxy) is 2. The van der Waals surface area contributed by atoms with Crippen molar-refractivity contribution >= 4 is 17.6 Å². The molecule has 1 fully saturated rings. The van der Waals surface area contributed by atoms with Gasteiger partial charge >= 0.3 is 5.97 Å². The van der Waals surface area contributed by atoms with Crippen LogP contribution in [0.4, 0.5) is 10.1 Å². The Hall–Kier alpha value is -2.19. The lowest BCUT2D eigenvalue weighted by molar-refractivity contribution is -0.124. The lowest BCUT2D eigenvalue weighted by Gasteiger charge is -2.36. The number of carbonyl (C=O) groups excluding carboxylic acids is 1. The monoisotopic (exact) mass is 397 g/mol. The van der Waals surface area contributed by atoms with Gasteiger partial charge in [-0.05, 0) is 37.7 Å². The highest BCUT2D eigenvalue weighted by Gasteiger charge is 2.35. The van der Waals surface area contributed by atoms with Gasteiger partial charge in [-0.3, -0.25) is 4.79 Å². The minimum absolute atomic E-state index is 0.0876. The average molecular weight is 397 g/mol. The van der Waals surface area contributed by atoms with Crippen LogP contribution in [0.25, 0.3) is 0 Å². The smallest absolute Gasteiger partial charge is 0.337 e. The molecule has 156 valence electrons. The molecule has 1 aliphatic rings. The number of hydrogen-bond acceptors (Lipinski definition) is 5. The first-order chi connectivity index (χ1) is 13.3. The molecule has 8 heteroatoms. The Morgan fingerprint density at radius 2 is 1.75 bits per heavy atom. The van der Waals surface area contributed by atoms with E-state index in [-0.39, 0.29) is 36.3 Å². The molecular weight excluding hydrogens is 369 g/mol. The lowest BCUT2D eigenvalue weighted by Crippen LogP contribution is -2.49. The molecular formula is C20H28FNO6. The molecule has 1 aromatic rings. The number of nitrogens with zero attached hydrogens (tertiary/aromatic N) is 1. The molecule has 0 aliphatic heterocycles. The van der Waals surface area contributed by atoms with Crippen LogP contribution in [0, 0.1) is 17.7 Å². The van der Waals surface area contributed by atoms with Crippen molar-refractivity contribution in [2.45, 2.75) is 38.6 Å². The molecule has 1 aromatic carbocycles. The number of hydrogen-bond donors (Lipinski definition) is 2. The van der Waals surface area contributed by atoms with E-state index in [4.69, 9.17) is 9.47 Å². The predicted molar refractivity (Wildman–Crippen MR) is 101 cm³/mol. The Morgan fingerprint density at radius 3 is 2.25 bits per heavy atom. The van der Waals surface area contributed by atoms with Gasteiger partial charge in [0.15, 0.2) is 11.6 Å². The van der Waals surface area contributed by atoms with E-state index in [0.29, 0.717) is 18.8 Å². The summed E-state index contributed by atoms with van der Waals surface area (Å²) >= 11 is 0. The maximum Gasteiger partial charge on any atom is 0.337 e. The fraction of sp³-hybridized carbons (Fsp3) is 0.600. The molecule has 0 bridgehead atoms. The van der Waals surface area contributed by atoms with Crippen LogP contribution in [0.5, 0.6) is 5.75 Å². The summed E-state index contributed by atoms with van der Waals surface area (Å²) in [6, 6.07) is 1.08. The first kappa shape index (κ1) is 22.1. The van der Waals surface area contributed by atoms with Crippen molar-refractivity contribution in [1.29, 1.82) is 0 Å². The zero-order valence-electron chi connectivity index (χ0n) is 16.5. The molecule has 0 aromatic heterocycles. The number of rotatable bonds is 8. The summed E-state index contributed by atoms with van der Waals surface area (Å²) in [6.07, 6.45) is 3.18. The highest BCUT2D eigenvalue weighted by atomic mass is 19.1. The summed E-state index contributed by atoms with van der Waals surface area (Å²) < 4.78 is 24.5. The van der Waals surface area contributed by atoms with Gasteiger partial charge in [0.2, 0.25) is 5.91 Å². The Kier molecular flexibility index (Phi) is 7.77. The third-order valence-corrected chi connectivity index (χ3v) is 5.24. The highest BCUT2D eigenvalue weighted by Crippen LogP contribution is 2.35. The van der Waals surface area contributed by atoms with Crippen molar-refractivity contribution in [1.82, 2.24) is 0 Å². The molecule has 0 saturated heterocycles. The van der Waals surface area contributed by atoms with Gasteiger partial charge in [-0.15, -0.1) is 0 Å². The fourth-order valence-corrected chi connectivity index (χ4v) is 3.70. The van der Waals surface area contributed by atoms with Crippen molar-refractivity contribution in [3.63, 3.8) is 0 Å². The number of aromatic carboxylic acids is 1. The maximum absolute atomic E-state index is 14.1. The topological polar surface area (TPSA) is 96.3 Å². The summed E-state index contributed by atoms with van der Waals surface area (Å²) in [5, 5.41) is 19.2. The Bertz CT molecular complexity index is 696. The third kappa shape index (κ3) is 4.99. The highest BCUT2D eigenvalue weighted by molar-refractivity contribution is 6.03. The first-order valence-corrected chi connectivity index (χ1v) is 9.36. The van der Waals surface area contributed by atoms with Gasteiger partial charge in [0.05, 0.1) is 30.5 Å². The Morgan fingerprint density at radius 1 is 1.18 bits per heavy atom. The maximum atomic E-state index is 14.1. The molecule has 0 spiro atoms. The first-order valence-electron chi connectivity index (χ1n) is 9.36. The number of phenolic OH excluding ortho intramolecular Hbond substituents is 1. The average Bonchev–Trinajstić information content (AvgIpc) is 2.65. The standard InChI is InChI=1S/C20H28FNO6/c1-12-4-6-13(7-5-12)19(24)22(14(10-27-2)11-28-3)17-9-16(21)18(23)8-15(17)20(25)26/h8-9,12-14,23H,4-7,10-11H2,1-3H3,(H,25,26)/t12-,13-. The van der Waals surface area contributed by atoms with E-state index in [2.05, 4.69) is 6.92 Å². The Balaban J connectivity index is 2.53. The van der Waals surface area contributed by atoms with Crippen molar-refractivity contribution in [2.75, 3.05) is 32.3 Å². The number of aromatic hydroxyl groups is 1. The van der Waals surface area contributed by atoms with Crippen LogP contribution in [0.2, 0.25) is 0 Å². The van der Waals surface area contributed by atoms with Crippen LogP contribution in [-0.2, 0) is 14.3 Å². The van der Waals surface area contributed by atoms with E-state index in [1.165, 1.54) is 19.1 Å². The number of carbonyl (C=O) groups is 2. The van der Waals surface area contributed by atoms with E-state index in [1.54, 1.807) is 0 Å². The number of phenols is 1. The van der Waals surface area contributed by atoms with Gasteiger partial charge in [-0.25, -0.2) is 9.18 Å². The second-order valence-electron chi connectivity index (χ2n) is 7.36. The number of anilines is 1. The molecule has 0 radical (unpaired) electrons. The number of halogens is 1. The van der Waals surface area contributed by atoms with E-state index >= 15 is 0 Å². The molecule has 0 unspecified atom stereocenters. The van der Waals surface area contributed by atoms with E-state index in [9.17, 15) is 24.2 Å². The second-order valence-corrected chi connectivity index (χ2v) is 7.36. The summed E-state index contributed by atoms with van der Waals surface area (Å²) in [4.78, 5) is 26.4. The molecule has 1 aliphatic carbocycles. The molecule has 2 rings (SSSR count). The number of amides is 1. The van der Waals surface area contributed by atoms with Gasteiger partial charge < -0.3 is 24.6 Å². The van der Waals surface area contributed by atoms with Crippen molar-refractivity contribution in [3.05, 3.63) is 23.5 Å². The van der Waals surface area contributed by atoms with Crippen LogP contribution < -0.4 is 4.90 Å². The normalized spacial score (nSPS) is 19.6. The van der Waals surface area contributed by atoms with Gasteiger partial charge in [-0.2, -0.15) is 0 Å². The van der Waals surface area contributed by atoms with Crippen molar-refractivity contribution < 1.29 is 33.7 Å².